The first-order valence-electron chi connectivity index (χ1n) is 7.37. The van der Waals surface area contributed by atoms with Crippen LogP contribution in [0.25, 0.3) is 0 Å². The molecule has 0 amide bonds. The molecule has 3 atom stereocenters. The van der Waals surface area contributed by atoms with Crippen molar-refractivity contribution in [2.45, 2.75) is 32.0 Å². The quantitative estimate of drug-likeness (QED) is 0.910. The topological polar surface area (TPSA) is 41.7 Å². The summed E-state index contributed by atoms with van der Waals surface area (Å²) in [4.78, 5) is 4.93. The molecule has 1 aliphatic heterocycles. The van der Waals surface area contributed by atoms with E-state index in [2.05, 4.69) is 42.8 Å². The van der Waals surface area contributed by atoms with Crippen molar-refractivity contribution >= 4 is 0 Å². The van der Waals surface area contributed by atoms with E-state index in [1.807, 2.05) is 12.1 Å². The van der Waals surface area contributed by atoms with Crippen LogP contribution in [0, 0.1) is 0 Å². The molecule has 1 aromatic rings. The highest BCUT2D eigenvalue weighted by Crippen LogP contribution is 2.30. The van der Waals surface area contributed by atoms with Gasteiger partial charge in [0.25, 0.3) is 0 Å². The summed E-state index contributed by atoms with van der Waals surface area (Å²) in [5, 5.41) is 0. The van der Waals surface area contributed by atoms with Crippen molar-refractivity contribution in [2.75, 3.05) is 33.8 Å². The molecule has 3 unspecified atom stereocenters. The van der Waals surface area contributed by atoms with Gasteiger partial charge >= 0.3 is 0 Å². The maximum absolute atomic E-state index is 6.07. The van der Waals surface area contributed by atoms with Crippen molar-refractivity contribution < 1.29 is 4.74 Å². The average molecular weight is 277 g/mol. The van der Waals surface area contributed by atoms with Gasteiger partial charge in [-0.3, -0.25) is 9.80 Å². The van der Waals surface area contributed by atoms with E-state index in [1.54, 1.807) is 7.11 Å². The molecule has 1 heterocycles. The number of methoxy groups -OCH3 is 1. The van der Waals surface area contributed by atoms with E-state index < -0.39 is 0 Å². The van der Waals surface area contributed by atoms with Crippen molar-refractivity contribution in [3.05, 3.63) is 29.8 Å². The van der Waals surface area contributed by atoms with Crippen LogP contribution in [0.1, 0.15) is 25.5 Å². The summed E-state index contributed by atoms with van der Waals surface area (Å²) >= 11 is 0. The minimum absolute atomic E-state index is 0.227. The third kappa shape index (κ3) is 2.97. The normalized spacial score (nSPS) is 26.4. The van der Waals surface area contributed by atoms with Crippen LogP contribution in [0.15, 0.2) is 24.3 Å². The van der Waals surface area contributed by atoms with Crippen LogP contribution >= 0.6 is 0 Å². The van der Waals surface area contributed by atoms with Gasteiger partial charge in [-0.1, -0.05) is 18.2 Å². The number of nitrogens with two attached hydrogens (primary N) is 1. The Morgan fingerprint density at radius 1 is 1.25 bits per heavy atom. The predicted molar refractivity (Wildman–Crippen MR) is 83.0 cm³/mol. The zero-order valence-electron chi connectivity index (χ0n) is 13.0. The second-order valence-electron chi connectivity index (χ2n) is 5.81. The molecule has 4 heteroatoms. The Morgan fingerprint density at radius 2 is 1.85 bits per heavy atom. The van der Waals surface area contributed by atoms with Gasteiger partial charge in [-0.2, -0.15) is 0 Å². The Hall–Kier alpha value is -1.10. The molecular formula is C16H27N3O. The Labute approximate surface area is 122 Å². The van der Waals surface area contributed by atoms with Gasteiger partial charge in [0, 0.05) is 37.3 Å². The highest BCUT2D eigenvalue weighted by molar-refractivity contribution is 5.36. The zero-order valence-corrected chi connectivity index (χ0v) is 13.0. The van der Waals surface area contributed by atoms with Gasteiger partial charge in [0.15, 0.2) is 0 Å². The fourth-order valence-corrected chi connectivity index (χ4v) is 3.11. The maximum atomic E-state index is 6.07. The molecule has 1 aromatic carbocycles. The second-order valence-corrected chi connectivity index (χ2v) is 5.81. The molecule has 0 spiro atoms. The number of benzene rings is 1. The van der Waals surface area contributed by atoms with Crippen LogP contribution in [-0.4, -0.2) is 55.7 Å². The van der Waals surface area contributed by atoms with Crippen molar-refractivity contribution in [1.29, 1.82) is 0 Å². The first-order valence-corrected chi connectivity index (χ1v) is 7.37. The van der Waals surface area contributed by atoms with Gasteiger partial charge in [-0.25, -0.2) is 0 Å². The first kappa shape index (κ1) is 15.3. The van der Waals surface area contributed by atoms with Crippen LogP contribution in [0.5, 0.6) is 5.75 Å². The van der Waals surface area contributed by atoms with Gasteiger partial charge < -0.3 is 10.5 Å². The number of hydrogen-bond acceptors (Lipinski definition) is 4. The van der Waals surface area contributed by atoms with Gasteiger partial charge in [0.05, 0.1) is 13.2 Å². The van der Waals surface area contributed by atoms with Crippen molar-refractivity contribution in [2.24, 2.45) is 5.73 Å². The van der Waals surface area contributed by atoms with E-state index in [1.165, 1.54) is 5.56 Å². The fraction of sp³-hybridized carbons (Fsp3) is 0.625. The third-order valence-corrected chi connectivity index (χ3v) is 4.55. The summed E-state index contributed by atoms with van der Waals surface area (Å²) in [6, 6.07) is 9.52. The molecule has 112 valence electrons. The van der Waals surface area contributed by atoms with Crippen molar-refractivity contribution in [1.82, 2.24) is 9.80 Å². The SMILES string of the molecule is COc1ccccc1C(CN)N1CC(C)N(C)C(C)C1. The summed E-state index contributed by atoms with van der Waals surface area (Å²) in [5.41, 5.74) is 7.27. The molecule has 1 fully saturated rings. The molecule has 4 nitrogen and oxygen atoms in total. The second kappa shape index (κ2) is 6.57. The Balaban J connectivity index is 2.24. The number of likely N-dealkylation sites (N-methyl/N-ethyl adjacent to an activating group) is 1. The lowest BCUT2D eigenvalue weighted by molar-refractivity contribution is 0.0346. The van der Waals surface area contributed by atoms with Gasteiger partial charge in [0.1, 0.15) is 5.75 Å². The number of para-hydroxylation sites is 1. The number of ether oxygens (including phenoxy) is 1. The summed E-state index contributed by atoms with van der Waals surface area (Å²) in [6.07, 6.45) is 0. The minimum Gasteiger partial charge on any atom is -0.496 e. The van der Waals surface area contributed by atoms with Crippen LogP contribution in [0.2, 0.25) is 0 Å². The first-order chi connectivity index (χ1) is 9.58. The van der Waals surface area contributed by atoms with E-state index >= 15 is 0 Å². The van der Waals surface area contributed by atoms with E-state index in [4.69, 9.17) is 10.5 Å². The number of nitrogens with zero attached hydrogens (tertiary/aromatic N) is 2. The van der Waals surface area contributed by atoms with Gasteiger partial charge in [-0.15, -0.1) is 0 Å². The Bertz CT molecular complexity index is 425. The molecular weight excluding hydrogens is 250 g/mol. The molecule has 2 rings (SSSR count). The lowest BCUT2D eigenvalue weighted by Crippen LogP contribution is -2.56. The number of rotatable bonds is 4. The smallest absolute Gasteiger partial charge is 0.123 e. The van der Waals surface area contributed by atoms with Gasteiger partial charge in [-0.05, 0) is 27.0 Å². The lowest BCUT2D eigenvalue weighted by Gasteiger charge is -2.45. The zero-order chi connectivity index (χ0) is 14.7. The minimum atomic E-state index is 0.227. The number of piperazine rings is 1. The van der Waals surface area contributed by atoms with Gasteiger partial charge in [0.2, 0.25) is 0 Å². The summed E-state index contributed by atoms with van der Waals surface area (Å²) in [6.45, 7) is 7.25. The molecule has 1 aliphatic rings. The standard InChI is InChI=1S/C16H27N3O/c1-12-10-19(11-13(2)18(12)3)15(9-17)14-7-5-6-8-16(14)20-4/h5-8,12-13,15H,9-11,17H2,1-4H3. The molecule has 0 aliphatic carbocycles. The molecule has 0 bridgehead atoms. The average Bonchev–Trinajstić information content (AvgIpc) is 2.46. The molecule has 0 saturated carbocycles. The predicted octanol–water partition coefficient (Wildman–Crippen LogP) is 1.72. The molecule has 0 radical (unpaired) electrons. The van der Waals surface area contributed by atoms with Crippen LogP contribution in [0.4, 0.5) is 0 Å². The monoisotopic (exact) mass is 277 g/mol. The van der Waals surface area contributed by atoms with Crippen LogP contribution < -0.4 is 10.5 Å². The third-order valence-electron chi connectivity index (χ3n) is 4.55. The molecule has 20 heavy (non-hydrogen) atoms. The number of hydrogen-bond donors (Lipinski definition) is 1. The Kier molecular flexibility index (Phi) is 5.02. The molecule has 0 aromatic heterocycles. The van der Waals surface area contributed by atoms with Crippen molar-refractivity contribution in [3.8, 4) is 5.75 Å². The van der Waals surface area contributed by atoms with Crippen LogP contribution in [0.3, 0.4) is 0 Å². The van der Waals surface area contributed by atoms with E-state index in [9.17, 15) is 0 Å². The van der Waals surface area contributed by atoms with E-state index in [0.717, 1.165) is 18.8 Å². The summed E-state index contributed by atoms with van der Waals surface area (Å²) < 4.78 is 5.50. The summed E-state index contributed by atoms with van der Waals surface area (Å²) in [5.74, 6) is 0.933. The van der Waals surface area contributed by atoms with Crippen molar-refractivity contribution in [3.63, 3.8) is 0 Å². The summed E-state index contributed by atoms with van der Waals surface area (Å²) in [7, 11) is 3.93. The molecule has 1 saturated heterocycles. The fourth-order valence-electron chi connectivity index (χ4n) is 3.11. The highest BCUT2D eigenvalue weighted by Gasteiger charge is 2.31. The van der Waals surface area contributed by atoms with E-state index in [-0.39, 0.29) is 6.04 Å². The van der Waals surface area contributed by atoms with Crippen LogP contribution in [-0.2, 0) is 0 Å². The largest absolute Gasteiger partial charge is 0.496 e. The highest BCUT2D eigenvalue weighted by atomic mass is 16.5. The maximum Gasteiger partial charge on any atom is 0.123 e. The van der Waals surface area contributed by atoms with E-state index in [0.29, 0.717) is 18.6 Å². The Morgan fingerprint density at radius 3 is 2.40 bits per heavy atom. The lowest BCUT2D eigenvalue weighted by atomic mass is 10.00. The molecule has 2 N–H and O–H groups in total.